The minimum atomic E-state index is -0.792. The number of nitrogens with one attached hydrogen (secondary N) is 1. The number of halogens is 3. The lowest BCUT2D eigenvalue weighted by molar-refractivity contribution is 0.258. The van der Waals surface area contributed by atoms with Crippen molar-refractivity contribution in [2.75, 3.05) is 17.3 Å². The maximum atomic E-state index is 13.3. The Balaban J connectivity index is 1.67. The van der Waals surface area contributed by atoms with Crippen LogP contribution in [-0.4, -0.2) is 18.1 Å². The van der Waals surface area contributed by atoms with E-state index in [2.05, 4.69) is 10.3 Å². The SMILES string of the molecule is CN(C(=O)Nc1ncc(Oc2cccc(F)c2)s1)c1cc(F)cc(F)c1. The number of carbonyl (C=O) groups is 1. The van der Waals surface area contributed by atoms with Gasteiger partial charge < -0.3 is 4.74 Å². The second kappa shape index (κ2) is 7.44. The molecule has 0 fully saturated rings. The number of amides is 2. The van der Waals surface area contributed by atoms with Gasteiger partial charge in [-0.1, -0.05) is 17.4 Å². The number of carbonyl (C=O) groups excluding carboxylic acids is 1. The van der Waals surface area contributed by atoms with Gasteiger partial charge in [0.1, 0.15) is 23.2 Å². The van der Waals surface area contributed by atoms with E-state index in [1.54, 1.807) is 6.07 Å². The lowest BCUT2D eigenvalue weighted by Gasteiger charge is -2.17. The Morgan fingerprint density at radius 2 is 1.85 bits per heavy atom. The predicted octanol–water partition coefficient (Wildman–Crippen LogP) is 5.02. The van der Waals surface area contributed by atoms with Crippen LogP contribution in [0.2, 0.25) is 0 Å². The van der Waals surface area contributed by atoms with E-state index in [-0.39, 0.29) is 10.8 Å². The molecule has 0 aliphatic rings. The van der Waals surface area contributed by atoms with Gasteiger partial charge in [-0.25, -0.2) is 22.9 Å². The fraction of sp³-hybridized carbons (Fsp3) is 0.0588. The number of thiazole rings is 1. The van der Waals surface area contributed by atoms with Gasteiger partial charge in [-0.3, -0.25) is 10.2 Å². The van der Waals surface area contributed by atoms with Crippen molar-refractivity contribution < 1.29 is 22.7 Å². The Morgan fingerprint density at radius 3 is 2.54 bits per heavy atom. The maximum absolute atomic E-state index is 13.3. The van der Waals surface area contributed by atoms with Crippen LogP contribution >= 0.6 is 11.3 Å². The summed E-state index contributed by atoms with van der Waals surface area (Å²) >= 11 is 1.02. The summed E-state index contributed by atoms with van der Waals surface area (Å²) in [4.78, 5) is 17.2. The van der Waals surface area contributed by atoms with Gasteiger partial charge in [-0.05, 0) is 24.3 Å². The highest BCUT2D eigenvalue weighted by atomic mass is 32.1. The quantitative estimate of drug-likeness (QED) is 0.692. The third-order valence-corrected chi connectivity index (χ3v) is 4.04. The van der Waals surface area contributed by atoms with Gasteiger partial charge in [0.25, 0.3) is 0 Å². The Kier molecular flexibility index (Phi) is 5.08. The molecule has 1 N–H and O–H groups in total. The van der Waals surface area contributed by atoms with Crippen LogP contribution in [0.5, 0.6) is 10.8 Å². The minimum absolute atomic E-state index is 0.0489. The average Bonchev–Trinajstić information content (AvgIpc) is 3.00. The van der Waals surface area contributed by atoms with Gasteiger partial charge in [0.2, 0.25) is 5.06 Å². The van der Waals surface area contributed by atoms with Crippen LogP contribution in [0.3, 0.4) is 0 Å². The predicted molar refractivity (Wildman–Crippen MR) is 92.4 cm³/mol. The van der Waals surface area contributed by atoms with Gasteiger partial charge in [-0.15, -0.1) is 0 Å². The molecule has 134 valence electrons. The highest BCUT2D eigenvalue weighted by Crippen LogP contribution is 2.30. The van der Waals surface area contributed by atoms with Crippen molar-refractivity contribution in [3.63, 3.8) is 0 Å². The van der Waals surface area contributed by atoms with Crippen molar-refractivity contribution in [3.05, 3.63) is 66.1 Å². The number of urea groups is 1. The third-order valence-electron chi connectivity index (χ3n) is 3.25. The first kappa shape index (κ1) is 17.7. The van der Waals surface area contributed by atoms with Crippen molar-refractivity contribution in [1.29, 1.82) is 0 Å². The van der Waals surface area contributed by atoms with E-state index in [0.29, 0.717) is 16.9 Å². The molecule has 0 radical (unpaired) electrons. The summed E-state index contributed by atoms with van der Waals surface area (Å²) in [5, 5.41) is 3.04. The Bertz CT molecular complexity index is 928. The van der Waals surface area contributed by atoms with Crippen LogP contribution in [0.15, 0.2) is 48.7 Å². The van der Waals surface area contributed by atoms with E-state index < -0.39 is 23.5 Å². The van der Waals surface area contributed by atoms with Gasteiger partial charge >= 0.3 is 6.03 Å². The van der Waals surface area contributed by atoms with E-state index >= 15 is 0 Å². The zero-order valence-corrected chi connectivity index (χ0v) is 14.2. The Labute approximate surface area is 150 Å². The molecule has 0 aliphatic carbocycles. The van der Waals surface area contributed by atoms with Gasteiger partial charge in [0, 0.05) is 19.2 Å². The zero-order valence-electron chi connectivity index (χ0n) is 13.4. The largest absolute Gasteiger partial charge is 0.445 e. The summed E-state index contributed by atoms with van der Waals surface area (Å²) in [6, 6.07) is 7.72. The smallest absolute Gasteiger partial charge is 0.327 e. The number of nitrogens with zero attached hydrogens (tertiary/aromatic N) is 2. The molecule has 3 rings (SSSR count). The van der Waals surface area contributed by atoms with E-state index in [1.165, 1.54) is 31.4 Å². The van der Waals surface area contributed by atoms with Crippen LogP contribution in [0.25, 0.3) is 0 Å². The lowest BCUT2D eigenvalue weighted by atomic mass is 10.3. The normalized spacial score (nSPS) is 10.5. The summed E-state index contributed by atoms with van der Waals surface area (Å²) in [6.07, 6.45) is 1.37. The zero-order chi connectivity index (χ0) is 18.7. The van der Waals surface area contributed by atoms with E-state index in [4.69, 9.17) is 4.74 Å². The first-order valence-corrected chi connectivity index (χ1v) is 8.12. The molecule has 9 heteroatoms. The number of anilines is 2. The first-order chi connectivity index (χ1) is 12.4. The fourth-order valence-corrected chi connectivity index (χ4v) is 2.71. The van der Waals surface area contributed by atoms with Gasteiger partial charge in [0.05, 0.1) is 11.9 Å². The fourth-order valence-electron chi connectivity index (χ4n) is 2.04. The number of aromatic nitrogens is 1. The molecule has 1 heterocycles. The highest BCUT2D eigenvalue weighted by molar-refractivity contribution is 7.17. The number of hydrogen-bond donors (Lipinski definition) is 1. The van der Waals surface area contributed by atoms with Gasteiger partial charge in [-0.2, -0.15) is 0 Å². The van der Waals surface area contributed by atoms with E-state index in [1.807, 2.05) is 0 Å². The summed E-state index contributed by atoms with van der Waals surface area (Å²) in [6.45, 7) is 0. The molecule has 0 bridgehead atoms. The van der Waals surface area contributed by atoms with Crippen LogP contribution in [0, 0.1) is 17.5 Å². The second-order valence-corrected chi connectivity index (χ2v) is 6.15. The molecule has 0 aliphatic heterocycles. The monoisotopic (exact) mass is 379 g/mol. The first-order valence-electron chi connectivity index (χ1n) is 7.31. The molecular weight excluding hydrogens is 367 g/mol. The standard InChI is InChI=1S/C17H12F3N3O2S/c1-23(13-6-11(19)5-12(20)7-13)17(24)22-16-21-9-15(26-16)25-14-4-2-3-10(18)8-14/h2-9H,1H3,(H,21,22,24). The van der Waals surface area contributed by atoms with Crippen LogP contribution < -0.4 is 15.0 Å². The van der Waals surface area contributed by atoms with Crippen LogP contribution in [0.1, 0.15) is 0 Å². The number of rotatable bonds is 4. The Morgan fingerprint density at radius 1 is 1.12 bits per heavy atom. The second-order valence-electron chi connectivity index (χ2n) is 5.16. The molecule has 3 aromatic rings. The lowest BCUT2D eigenvalue weighted by Crippen LogP contribution is -2.31. The molecule has 0 saturated heterocycles. The summed E-state index contributed by atoms with van der Waals surface area (Å²) in [7, 11) is 1.36. The molecule has 0 spiro atoms. The topological polar surface area (TPSA) is 54.5 Å². The van der Waals surface area contributed by atoms with E-state index in [9.17, 15) is 18.0 Å². The molecule has 26 heavy (non-hydrogen) atoms. The van der Waals surface area contributed by atoms with E-state index in [0.717, 1.165) is 28.4 Å². The van der Waals surface area contributed by atoms with Crippen molar-refractivity contribution in [3.8, 4) is 10.8 Å². The average molecular weight is 379 g/mol. The van der Waals surface area contributed by atoms with Crippen molar-refractivity contribution in [1.82, 2.24) is 4.98 Å². The molecule has 0 atom stereocenters. The molecular formula is C17H12F3N3O2S. The molecule has 5 nitrogen and oxygen atoms in total. The van der Waals surface area contributed by atoms with Crippen molar-refractivity contribution >= 4 is 28.2 Å². The number of hydrogen-bond acceptors (Lipinski definition) is 4. The molecule has 0 saturated carbocycles. The summed E-state index contributed by atoms with van der Waals surface area (Å²) in [5.41, 5.74) is 0.0489. The summed E-state index contributed by atoms with van der Waals surface area (Å²) < 4.78 is 45.1. The number of ether oxygens (including phenoxy) is 1. The van der Waals surface area contributed by atoms with Crippen molar-refractivity contribution in [2.45, 2.75) is 0 Å². The van der Waals surface area contributed by atoms with Crippen LogP contribution in [-0.2, 0) is 0 Å². The van der Waals surface area contributed by atoms with Gasteiger partial charge in [0.15, 0.2) is 5.13 Å². The Hall–Kier alpha value is -3.07. The molecule has 0 unspecified atom stereocenters. The maximum Gasteiger partial charge on any atom is 0.327 e. The molecule has 1 aromatic heterocycles. The van der Waals surface area contributed by atoms with Crippen LogP contribution in [0.4, 0.5) is 28.8 Å². The third kappa shape index (κ3) is 4.31. The minimum Gasteiger partial charge on any atom is -0.445 e. The highest BCUT2D eigenvalue weighted by Gasteiger charge is 2.15. The van der Waals surface area contributed by atoms with Crippen molar-refractivity contribution in [2.24, 2.45) is 0 Å². The molecule has 2 aromatic carbocycles. The summed E-state index contributed by atoms with van der Waals surface area (Å²) in [5.74, 6) is -1.73. The number of benzene rings is 2. The molecule has 2 amide bonds.